The van der Waals surface area contributed by atoms with Crippen LogP contribution in [0.2, 0.25) is 0 Å². The van der Waals surface area contributed by atoms with Gasteiger partial charge in [0.15, 0.2) is 6.29 Å². The lowest BCUT2D eigenvalue weighted by Gasteiger charge is -2.64. The van der Waals surface area contributed by atoms with Gasteiger partial charge in [-0.2, -0.15) is 0 Å². The van der Waals surface area contributed by atoms with Crippen molar-refractivity contribution in [2.24, 2.45) is 46.2 Å². The highest BCUT2D eigenvalue weighted by Gasteiger charge is 2.68. The summed E-state index contributed by atoms with van der Waals surface area (Å²) in [5.41, 5.74) is 4.88. The molecule has 9 heteroatoms. The van der Waals surface area contributed by atoms with Crippen molar-refractivity contribution >= 4 is 5.97 Å². The highest BCUT2D eigenvalue weighted by molar-refractivity contribution is 5.67. The van der Waals surface area contributed by atoms with Gasteiger partial charge < -0.3 is 40.7 Å². The zero-order valence-electron chi connectivity index (χ0n) is 23.2. The van der Waals surface area contributed by atoms with Crippen LogP contribution in [0.1, 0.15) is 85.0 Å². The Hall–Kier alpha value is -0.810. The summed E-state index contributed by atoms with van der Waals surface area (Å²) in [5.74, 6) is -0.177. The molecule has 7 N–H and O–H groups in total. The SMILES string of the molecule is C[C@H]1O[C@H](O[C@H]2CC[C@@]3(C)[C@H](CC[C@@H]4[C@@H]3CC[C@]3(C)[C@@H]([C@@H](CO)CC(=O)O)CC[C@]43O)C2)[C@@H](O)[C@H](N)[C@@H]1O. The topological polar surface area (TPSA) is 163 Å². The van der Waals surface area contributed by atoms with Crippen molar-refractivity contribution in [2.75, 3.05) is 6.61 Å². The van der Waals surface area contributed by atoms with Crippen LogP contribution in [0.4, 0.5) is 0 Å². The van der Waals surface area contributed by atoms with Crippen LogP contribution >= 0.6 is 0 Å². The average Bonchev–Trinajstić information content (AvgIpc) is 3.15. The standard InChI is InChI=1S/C29H49NO8/c1-15-24(34)23(30)25(35)26(37-15)38-18-6-9-27(2)17(13-18)4-5-21-20(27)7-10-28(3)19(8-11-29(21,28)36)16(14-31)12-22(32)33/h15-21,23-26,31,34-36H,4-14,30H2,1-3H3,(H,32,33)/t15-,16-,17-,18+,19-,20+,21-,23-,24-,25+,26-,27+,28-,29+/m1/s1. The summed E-state index contributed by atoms with van der Waals surface area (Å²) in [6.07, 6.45) is 4.51. The number of aliphatic carboxylic acids is 1. The van der Waals surface area contributed by atoms with Gasteiger partial charge in [0.1, 0.15) is 6.10 Å². The van der Waals surface area contributed by atoms with Crippen LogP contribution in [0.25, 0.3) is 0 Å². The van der Waals surface area contributed by atoms with E-state index in [9.17, 15) is 30.3 Å². The summed E-state index contributed by atoms with van der Waals surface area (Å²) in [7, 11) is 0. The highest BCUT2D eigenvalue weighted by Crippen LogP contribution is 2.70. The number of hydrogen-bond acceptors (Lipinski definition) is 8. The fraction of sp³-hybridized carbons (Fsp3) is 0.966. The molecular weight excluding hydrogens is 490 g/mol. The molecule has 0 radical (unpaired) electrons. The van der Waals surface area contributed by atoms with E-state index in [0.717, 1.165) is 51.4 Å². The molecule has 0 aromatic heterocycles. The predicted molar refractivity (Wildman–Crippen MR) is 139 cm³/mol. The highest BCUT2D eigenvalue weighted by atomic mass is 16.7. The Kier molecular flexibility index (Phi) is 7.73. The van der Waals surface area contributed by atoms with Crippen molar-refractivity contribution in [3.63, 3.8) is 0 Å². The normalized spacial score (nSPS) is 53.5. The van der Waals surface area contributed by atoms with Gasteiger partial charge in [-0.15, -0.1) is 0 Å². The lowest BCUT2D eigenvalue weighted by Crippen LogP contribution is -2.63. The van der Waals surface area contributed by atoms with Crippen LogP contribution in [-0.2, 0) is 14.3 Å². The smallest absolute Gasteiger partial charge is 0.303 e. The number of carboxylic acid groups (broad SMARTS) is 1. The fourth-order valence-electron chi connectivity index (χ4n) is 10.0. The first-order valence-corrected chi connectivity index (χ1v) is 14.8. The molecule has 5 fully saturated rings. The van der Waals surface area contributed by atoms with E-state index in [-0.39, 0.29) is 47.7 Å². The molecule has 4 saturated carbocycles. The lowest BCUT2D eigenvalue weighted by atomic mass is 9.43. The Morgan fingerprint density at radius 3 is 2.47 bits per heavy atom. The van der Waals surface area contributed by atoms with E-state index >= 15 is 0 Å². The van der Waals surface area contributed by atoms with Crippen LogP contribution in [0.5, 0.6) is 0 Å². The summed E-state index contributed by atoms with van der Waals surface area (Å²) in [6, 6.07) is -0.804. The van der Waals surface area contributed by atoms with Crippen LogP contribution in [-0.4, -0.2) is 80.5 Å². The van der Waals surface area contributed by atoms with Gasteiger partial charge in [0.2, 0.25) is 0 Å². The zero-order valence-corrected chi connectivity index (χ0v) is 23.2. The number of aliphatic hydroxyl groups is 4. The van der Waals surface area contributed by atoms with Gasteiger partial charge in [-0.25, -0.2) is 0 Å². The van der Waals surface area contributed by atoms with Crippen molar-refractivity contribution in [3.05, 3.63) is 0 Å². The maximum absolute atomic E-state index is 12.4. The fourth-order valence-corrected chi connectivity index (χ4v) is 10.0. The van der Waals surface area contributed by atoms with Crippen molar-refractivity contribution in [3.8, 4) is 0 Å². The van der Waals surface area contributed by atoms with E-state index < -0.39 is 42.2 Å². The quantitative estimate of drug-likeness (QED) is 0.277. The number of hydrogen-bond donors (Lipinski definition) is 6. The summed E-state index contributed by atoms with van der Waals surface area (Å²) in [6.45, 7) is 6.14. The summed E-state index contributed by atoms with van der Waals surface area (Å²) in [4.78, 5) is 11.5. The number of ether oxygens (including phenoxy) is 2. The van der Waals surface area contributed by atoms with Gasteiger partial charge in [-0.3, -0.25) is 4.79 Å². The van der Waals surface area contributed by atoms with Gasteiger partial charge in [0, 0.05) is 6.61 Å². The molecule has 14 atom stereocenters. The predicted octanol–water partition coefficient (Wildman–Crippen LogP) is 2.02. The molecule has 0 spiro atoms. The van der Waals surface area contributed by atoms with Crippen molar-refractivity contribution in [1.29, 1.82) is 0 Å². The molecular formula is C29H49NO8. The first kappa shape index (κ1) is 28.7. The molecule has 5 rings (SSSR count). The van der Waals surface area contributed by atoms with Gasteiger partial charge in [-0.05, 0) is 105 Å². The van der Waals surface area contributed by atoms with E-state index in [1.807, 2.05) is 0 Å². The van der Waals surface area contributed by atoms with E-state index in [1.165, 1.54) is 0 Å². The number of aliphatic hydroxyl groups excluding tert-OH is 3. The van der Waals surface area contributed by atoms with Crippen molar-refractivity contribution in [2.45, 2.75) is 127 Å². The summed E-state index contributed by atoms with van der Waals surface area (Å²) >= 11 is 0. The molecule has 1 saturated heterocycles. The average molecular weight is 540 g/mol. The van der Waals surface area contributed by atoms with Gasteiger partial charge >= 0.3 is 5.97 Å². The zero-order chi connectivity index (χ0) is 27.6. The van der Waals surface area contributed by atoms with Gasteiger partial charge in [0.05, 0.1) is 36.4 Å². The molecule has 5 aliphatic rings. The maximum atomic E-state index is 12.4. The molecule has 38 heavy (non-hydrogen) atoms. The van der Waals surface area contributed by atoms with Crippen molar-refractivity contribution in [1.82, 2.24) is 0 Å². The number of rotatable bonds is 6. The third kappa shape index (κ3) is 4.35. The Morgan fingerprint density at radius 1 is 1.05 bits per heavy atom. The first-order valence-electron chi connectivity index (χ1n) is 14.8. The number of carboxylic acids is 1. The molecule has 218 valence electrons. The Balaban J connectivity index is 1.29. The second-order valence-electron chi connectivity index (χ2n) is 13.9. The van der Waals surface area contributed by atoms with Crippen LogP contribution in [0.15, 0.2) is 0 Å². The minimum Gasteiger partial charge on any atom is -0.481 e. The van der Waals surface area contributed by atoms with Gasteiger partial charge in [-0.1, -0.05) is 13.8 Å². The van der Waals surface area contributed by atoms with Crippen molar-refractivity contribution < 1.29 is 39.8 Å². The molecule has 0 bridgehead atoms. The van der Waals surface area contributed by atoms with Crippen LogP contribution in [0.3, 0.4) is 0 Å². The molecule has 9 nitrogen and oxygen atoms in total. The molecule has 1 heterocycles. The molecule has 0 aromatic carbocycles. The number of nitrogens with two attached hydrogens (primary N) is 1. The van der Waals surface area contributed by atoms with Gasteiger partial charge in [0.25, 0.3) is 0 Å². The number of fused-ring (bicyclic) bond motifs is 5. The molecule has 0 aromatic rings. The third-order valence-corrected chi connectivity index (χ3v) is 12.3. The van der Waals surface area contributed by atoms with Crippen LogP contribution < -0.4 is 5.73 Å². The Bertz CT molecular complexity index is 889. The summed E-state index contributed by atoms with van der Waals surface area (Å²) in [5, 5.41) is 52.5. The minimum absolute atomic E-state index is 0.0124. The van der Waals surface area contributed by atoms with E-state index in [2.05, 4.69) is 13.8 Å². The second-order valence-corrected chi connectivity index (χ2v) is 13.9. The van der Waals surface area contributed by atoms with Crippen LogP contribution in [0, 0.1) is 40.4 Å². The second kappa shape index (κ2) is 10.2. The molecule has 1 aliphatic heterocycles. The monoisotopic (exact) mass is 539 g/mol. The van der Waals surface area contributed by atoms with E-state index in [4.69, 9.17) is 15.2 Å². The maximum Gasteiger partial charge on any atom is 0.303 e. The molecule has 4 aliphatic carbocycles. The number of carbonyl (C=O) groups is 1. The van der Waals surface area contributed by atoms with E-state index in [0.29, 0.717) is 18.3 Å². The molecule has 0 amide bonds. The molecule has 0 unspecified atom stereocenters. The lowest BCUT2D eigenvalue weighted by molar-refractivity contribution is -0.289. The largest absolute Gasteiger partial charge is 0.481 e. The van der Waals surface area contributed by atoms with E-state index in [1.54, 1.807) is 6.92 Å². The first-order chi connectivity index (χ1) is 17.9. The Morgan fingerprint density at radius 2 is 1.79 bits per heavy atom. The minimum atomic E-state index is -1.07. The summed E-state index contributed by atoms with van der Waals surface area (Å²) < 4.78 is 12.0. The Labute approximate surface area is 226 Å². The third-order valence-electron chi connectivity index (χ3n) is 12.3.